The SMILES string of the molecule is CC(Nc1cc(Cl)ccc1F)c1cccc(C(F)(F)F)c1. The first-order valence-electron chi connectivity index (χ1n) is 6.16. The molecule has 0 aliphatic carbocycles. The molecule has 2 rings (SSSR count). The number of alkyl halides is 3. The fourth-order valence-electron chi connectivity index (χ4n) is 1.91. The van der Waals surface area contributed by atoms with Crippen LogP contribution in [0.3, 0.4) is 0 Å². The summed E-state index contributed by atoms with van der Waals surface area (Å²) in [6.07, 6.45) is -4.41. The van der Waals surface area contributed by atoms with E-state index in [0.29, 0.717) is 10.6 Å². The van der Waals surface area contributed by atoms with E-state index in [0.717, 1.165) is 12.1 Å². The summed E-state index contributed by atoms with van der Waals surface area (Å²) in [6, 6.07) is 8.40. The number of hydrogen-bond acceptors (Lipinski definition) is 1. The minimum atomic E-state index is -4.41. The van der Waals surface area contributed by atoms with Gasteiger partial charge >= 0.3 is 6.18 Å². The van der Waals surface area contributed by atoms with E-state index in [-0.39, 0.29) is 5.69 Å². The molecule has 0 spiro atoms. The highest BCUT2D eigenvalue weighted by Gasteiger charge is 2.30. The monoisotopic (exact) mass is 317 g/mol. The van der Waals surface area contributed by atoms with Crippen molar-refractivity contribution in [3.8, 4) is 0 Å². The van der Waals surface area contributed by atoms with Crippen molar-refractivity contribution in [3.63, 3.8) is 0 Å². The number of rotatable bonds is 3. The molecule has 0 bridgehead atoms. The largest absolute Gasteiger partial charge is 0.416 e. The summed E-state index contributed by atoms with van der Waals surface area (Å²) in [4.78, 5) is 0. The van der Waals surface area contributed by atoms with Crippen LogP contribution in [0.1, 0.15) is 24.1 Å². The molecule has 1 atom stereocenters. The Morgan fingerprint density at radius 3 is 2.48 bits per heavy atom. The smallest absolute Gasteiger partial charge is 0.376 e. The fourth-order valence-corrected chi connectivity index (χ4v) is 2.08. The minimum Gasteiger partial charge on any atom is -0.376 e. The van der Waals surface area contributed by atoms with Gasteiger partial charge in [-0.25, -0.2) is 4.39 Å². The van der Waals surface area contributed by atoms with Gasteiger partial charge in [0.1, 0.15) is 5.82 Å². The van der Waals surface area contributed by atoms with Crippen LogP contribution in [0, 0.1) is 5.82 Å². The van der Waals surface area contributed by atoms with Gasteiger partial charge in [0.25, 0.3) is 0 Å². The Hall–Kier alpha value is -1.75. The Morgan fingerprint density at radius 2 is 1.81 bits per heavy atom. The summed E-state index contributed by atoms with van der Waals surface area (Å²) in [5.41, 5.74) is -0.183. The van der Waals surface area contributed by atoms with Crippen LogP contribution in [0.4, 0.5) is 23.2 Å². The van der Waals surface area contributed by atoms with Crippen LogP contribution in [-0.2, 0) is 6.18 Å². The maximum Gasteiger partial charge on any atom is 0.416 e. The molecule has 0 heterocycles. The highest BCUT2D eigenvalue weighted by atomic mass is 35.5. The molecule has 6 heteroatoms. The Balaban J connectivity index is 2.24. The Morgan fingerprint density at radius 1 is 1.10 bits per heavy atom. The summed E-state index contributed by atoms with van der Waals surface area (Å²) < 4.78 is 51.6. The molecule has 1 unspecified atom stereocenters. The maximum absolute atomic E-state index is 13.6. The molecule has 0 amide bonds. The predicted molar refractivity (Wildman–Crippen MR) is 74.9 cm³/mol. The van der Waals surface area contributed by atoms with Crippen LogP contribution in [0.25, 0.3) is 0 Å². The second-order valence-electron chi connectivity index (χ2n) is 4.61. The Bertz CT molecular complexity index is 640. The summed E-state index contributed by atoms with van der Waals surface area (Å²) in [5, 5.41) is 3.16. The zero-order valence-corrected chi connectivity index (χ0v) is 11.8. The first kappa shape index (κ1) is 15.6. The van der Waals surface area contributed by atoms with Gasteiger partial charge in [-0.2, -0.15) is 13.2 Å². The van der Waals surface area contributed by atoms with Gasteiger partial charge in [0.05, 0.1) is 11.3 Å². The standard InChI is InChI=1S/C15H12ClF4N/c1-9(21-14-8-12(16)5-6-13(14)17)10-3-2-4-11(7-10)15(18,19)20/h2-9,21H,1H3. The maximum atomic E-state index is 13.6. The number of hydrogen-bond donors (Lipinski definition) is 1. The van der Waals surface area contributed by atoms with Crippen molar-refractivity contribution in [2.45, 2.75) is 19.1 Å². The Labute approximate surface area is 124 Å². The molecule has 2 aromatic rings. The highest BCUT2D eigenvalue weighted by Crippen LogP contribution is 2.31. The second kappa shape index (κ2) is 5.93. The fraction of sp³-hybridized carbons (Fsp3) is 0.200. The molecule has 112 valence electrons. The molecule has 1 nitrogen and oxygen atoms in total. The summed E-state index contributed by atoms with van der Waals surface area (Å²) in [7, 11) is 0. The molecule has 21 heavy (non-hydrogen) atoms. The van der Waals surface area contributed by atoms with E-state index >= 15 is 0 Å². The molecule has 0 aromatic heterocycles. The van der Waals surface area contributed by atoms with E-state index < -0.39 is 23.6 Å². The van der Waals surface area contributed by atoms with E-state index in [1.54, 1.807) is 13.0 Å². The number of anilines is 1. The van der Waals surface area contributed by atoms with Gasteiger partial charge in [0, 0.05) is 11.1 Å². The van der Waals surface area contributed by atoms with Crippen LogP contribution >= 0.6 is 11.6 Å². The third kappa shape index (κ3) is 3.88. The topological polar surface area (TPSA) is 12.0 Å². The highest BCUT2D eigenvalue weighted by molar-refractivity contribution is 6.30. The van der Waals surface area contributed by atoms with Gasteiger partial charge in [-0.1, -0.05) is 23.7 Å². The van der Waals surface area contributed by atoms with E-state index in [2.05, 4.69) is 5.32 Å². The van der Waals surface area contributed by atoms with Crippen molar-refractivity contribution in [1.29, 1.82) is 0 Å². The van der Waals surface area contributed by atoms with Crippen molar-refractivity contribution >= 4 is 17.3 Å². The first-order chi connectivity index (χ1) is 9.77. The molecule has 0 aliphatic rings. The molecule has 2 aromatic carbocycles. The van der Waals surface area contributed by atoms with Crippen LogP contribution in [0.15, 0.2) is 42.5 Å². The van der Waals surface area contributed by atoms with E-state index in [1.807, 2.05) is 0 Å². The van der Waals surface area contributed by atoms with E-state index in [1.165, 1.54) is 24.3 Å². The molecule has 0 aliphatic heterocycles. The third-order valence-corrected chi connectivity index (χ3v) is 3.25. The van der Waals surface area contributed by atoms with Crippen molar-refractivity contribution in [1.82, 2.24) is 0 Å². The van der Waals surface area contributed by atoms with Crippen molar-refractivity contribution in [2.24, 2.45) is 0 Å². The third-order valence-electron chi connectivity index (χ3n) is 3.01. The molecule has 0 radical (unpaired) electrons. The lowest BCUT2D eigenvalue weighted by Gasteiger charge is -2.18. The van der Waals surface area contributed by atoms with Crippen molar-refractivity contribution < 1.29 is 17.6 Å². The zero-order chi connectivity index (χ0) is 15.6. The lowest BCUT2D eigenvalue weighted by molar-refractivity contribution is -0.137. The van der Waals surface area contributed by atoms with E-state index in [4.69, 9.17) is 11.6 Å². The van der Waals surface area contributed by atoms with Crippen molar-refractivity contribution in [2.75, 3.05) is 5.32 Å². The van der Waals surface area contributed by atoms with Gasteiger partial charge in [-0.05, 0) is 42.8 Å². The number of halogens is 5. The Kier molecular flexibility index (Phi) is 4.42. The molecular formula is C15H12ClF4N. The van der Waals surface area contributed by atoms with Gasteiger partial charge in [-0.15, -0.1) is 0 Å². The lowest BCUT2D eigenvalue weighted by Crippen LogP contribution is -2.10. The predicted octanol–water partition coefficient (Wildman–Crippen LogP) is 5.67. The molecule has 1 N–H and O–H groups in total. The average molecular weight is 318 g/mol. The summed E-state index contributed by atoms with van der Waals surface area (Å²) >= 11 is 5.78. The van der Waals surface area contributed by atoms with Crippen molar-refractivity contribution in [3.05, 3.63) is 64.4 Å². The van der Waals surface area contributed by atoms with E-state index in [9.17, 15) is 17.6 Å². The number of nitrogens with one attached hydrogen (secondary N) is 1. The van der Waals surface area contributed by atoms with Gasteiger partial charge in [0.2, 0.25) is 0 Å². The minimum absolute atomic E-state index is 0.146. The van der Waals surface area contributed by atoms with Gasteiger partial charge in [-0.3, -0.25) is 0 Å². The molecule has 0 saturated heterocycles. The first-order valence-corrected chi connectivity index (χ1v) is 6.54. The molecule has 0 fully saturated rings. The average Bonchev–Trinajstić information content (AvgIpc) is 2.42. The molecular weight excluding hydrogens is 306 g/mol. The van der Waals surface area contributed by atoms with Gasteiger partial charge in [0.15, 0.2) is 0 Å². The quantitative estimate of drug-likeness (QED) is 0.719. The number of benzene rings is 2. The van der Waals surface area contributed by atoms with Crippen LogP contribution < -0.4 is 5.32 Å². The molecule has 0 saturated carbocycles. The van der Waals surface area contributed by atoms with Crippen LogP contribution in [0.5, 0.6) is 0 Å². The van der Waals surface area contributed by atoms with Crippen LogP contribution in [0.2, 0.25) is 5.02 Å². The van der Waals surface area contributed by atoms with Gasteiger partial charge < -0.3 is 5.32 Å². The summed E-state index contributed by atoms with van der Waals surface area (Å²) in [5.74, 6) is -0.516. The normalized spacial score (nSPS) is 13.0. The van der Waals surface area contributed by atoms with Crippen LogP contribution in [-0.4, -0.2) is 0 Å². The zero-order valence-electron chi connectivity index (χ0n) is 11.0. The second-order valence-corrected chi connectivity index (χ2v) is 5.05. The lowest BCUT2D eigenvalue weighted by atomic mass is 10.0. The summed E-state index contributed by atoms with van der Waals surface area (Å²) in [6.45, 7) is 1.65.